The van der Waals surface area contributed by atoms with Crippen LogP contribution in [0.4, 0.5) is 5.82 Å². The lowest BCUT2D eigenvalue weighted by atomic mass is 10.1. The lowest BCUT2D eigenvalue weighted by Gasteiger charge is -2.21. The SMILES string of the molecule is COC(CNS(=O)(=O)c1cnc(N2CCC3(CC3)C2)c(Cl)c1)C(C)C. The van der Waals surface area contributed by atoms with Crippen LogP contribution in [0.1, 0.15) is 33.1 Å². The van der Waals surface area contributed by atoms with E-state index in [1.54, 1.807) is 7.11 Å². The standard InChI is InChI=1S/C17H26ClN3O3S/c1-12(2)15(24-3)10-20-25(22,23)13-8-14(18)16(19-9-13)21-7-6-17(11-21)4-5-17/h8-9,12,15,20H,4-7,10-11H2,1-3H3. The molecule has 1 aliphatic carbocycles. The molecule has 1 spiro atoms. The average Bonchev–Trinajstić information content (AvgIpc) is 3.17. The van der Waals surface area contributed by atoms with Crippen molar-refractivity contribution in [1.29, 1.82) is 0 Å². The van der Waals surface area contributed by atoms with Gasteiger partial charge in [-0.15, -0.1) is 0 Å². The predicted octanol–water partition coefficient (Wildman–Crippen LogP) is 2.67. The summed E-state index contributed by atoms with van der Waals surface area (Å²) in [7, 11) is -2.09. The molecule has 1 N–H and O–H groups in total. The fourth-order valence-electron chi connectivity index (χ4n) is 3.36. The summed E-state index contributed by atoms with van der Waals surface area (Å²) in [6.07, 6.45) is 4.91. The van der Waals surface area contributed by atoms with Gasteiger partial charge < -0.3 is 9.64 Å². The third-order valence-corrected chi connectivity index (χ3v) is 6.99. The van der Waals surface area contributed by atoms with Crippen molar-refractivity contribution in [2.24, 2.45) is 11.3 Å². The third kappa shape index (κ3) is 4.10. The van der Waals surface area contributed by atoms with Crippen LogP contribution < -0.4 is 9.62 Å². The first-order valence-corrected chi connectivity index (χ1v) is 10.6. The first-order valence-electron chi connectivity index (χ1n) is 8.69. The highest BCUT2D eigenvalue weighted by molar-refractivity contribution is 7.89. The molecule has 0 bridgehead atoms. The molecule has 2 fully saturated rings. The van der Waals surface area contributed by atoms with Crippen LogP contribution in [0.3, 0.4) is 0 Å². The van der Waals surface area contributed by atoms with E-state index in [-0.39, 0.29) is 23.5 Å². The summed E-state index contributed by atoms with van der Waals surface area (Å²) in [5.74, 6) is 0.892. The van der Waals surface area contributed by atoms with Gasteiger partial charge in [-0.05, 0) is 36.7 Å². The maximum absolute atomic E-state index is 12.5. The summed E-state index contributed by atoms with van der Waals surface area (Å²) in [5.41, 5.74) is 0.462. The molecule has 1 aromatic rings. The highest BCUT2D eigenvalue weighted by atomic mass is 35.5. The molecule has 8 heteroatoms. The molecular weight excluding hydrogens is 362 g/mol. The number of methoxy groups -OCH3 is 1. The number of nitrogens with one attached hydrogen (secondary N) is 1. The van der Waals surface area contributed by atoms with E-state index in [1.165, 1.54) is 31.5 Å². The molecule has 3 rings (SSSR count). The van der Waals surface area contributed by atoms with Gasteiger partial charge in [-0.25, -0.2) is 18.1 Å². The molecule has 25 heavy (non-hydrogen) atoms. The lowest BCUT2D eigenvalue weighted by Crippen LogP contribution is -2.36. The molecular formula is C17H26ClN3O3S. The van der Waals surface area contributed by atoms with Crippen molar-refractivity contribution >= 4 is 27.4 Å². The van der Waals surface area contributed by atoms with E-state index in [1.807, 2.05) is 13.8 Å². The number of hydrogen-bond donors (Lipinski definition) is 1. The molecule has 1 atom stereocenters. The highest BCUT2D eigenvalue weighted by Gasteiger charge is 2.48. The molecule has 0 amide bonds. The number of sulfonamides is 1. The largest absolute Gasteiger partial charge is 0.380 e. The van der Waals surface area contributed by atoms with Gasteiger partial charge in [0.15, 0.2) is 0 Å². The first-order chi connectivity index (χ1) is 11.8. The van der Waals surface area contributed by atoms with Crippen LogP contribution in [0.15, 0.2) is 17.2 Å². The zero-order valence-corrected chi connectivity index (χ0v) is 16.5. The summed E-state index contributed by atoms with van der Waals surface area (Å²) in [6.45, 7) is 6.08. The average molecular weight is 388 g/mol. The van der Waals surface area contributed by atoms with Crippen molar-refractivity contribution < 1.29 is 13.2 Å². The van der Waals surface area contributed by atoms with Gasteiger partial charge in [0.25, 0.3) is 0 Å². The maximum Gasteiger partial charge on any atom is 0.242 e. The second-order valence-corrected chi connectivity index (χ2v) is 9.69. The van der Waals surface area contributed by atoms with Gasteiger partial charge >= 0.3 is 0 Å². The van der Waals surface area contributed by atoms with E-state index < -0.39 is 10.0 Å². The Balaban J connectivity index is 1.71. The topological polar surface area (TPSA) is 71.5 Å². The van der Waals surface area contributed by atoms with Crippen LogP contribution in [-0.4, -0.2) is 46.2 Å². The van der Waals surface area contributed by atoms with Crippen molar-refractivity contribution in [2.45, 2.75) is 44.1 Å². The second-order valence-electron chi connectivity index (χ2n) is 7.52. The van der Waals surface area contributed by atoms with Crippen LogP contribution in [-0.2, 0) is 14.8 Å². The summed E-state index contributed by atoms with van der Waals surface area (Å²) in [4.78, 5) is 6.59. The Bertz CT molecular complexity index is 735. The number of pyridine rings is 1. The van der Waals surface area contributed by atoms with Gasteiger partial charge in [0.1, 0.15) is 10.7 Å². The van der Waals surface area contributed by atoms with Crippen molar-refractivity contribution in [2.75, 3.05) is 31.6 Å². The first kappa shape index (κ1) is 18.9. The minimum Gasteiger partial charge on any atom is -0.380 e. The van der Waals surface area contributed by atoms with Gasteiger partial charge in [-0.3, -0.25) is 0 Å². The van der Waals surface area contributed by atoms with E-state index in [4.69, 9.17) is 16.3 Å². The molecule has 6 nitrogen and oxygen atoms in total. The van der Waals surface area contributed by atoms with E-state index in [2.05, 4.69) is 14.6 Å². The maximum atomic E-state index is 12.5. The Labute approximate surface area is 155 Å². The predicted molar refractivity (Wildman–Crippen MR) is 98.6 cm³/mol. The number of ether oxygens (including phenoxy) is 1. The quantitative estimate of drug-likeness (QED) is 0.778. The highest BCUT2D eigenvalue weighted by Crippen LogP contribution is 2.53. The zero-order chi connectivity index (χ0) is 18.2. The van der Waals surface area contributed by atoms with Crippen LogP contribution in [0.5, 0.6) is 0 Å². The number of hydrogen-bond acceptors (Lipinski definition) is 5. The molecule has 140 valence electrons. The normalized spacial score (nSPS) is 20.4. The molecule has 1 aliphatic heterocycles. The zero-order valence-electron chi connectivity index (χ0n) is 15.0. The summed E-state index contributed by atoms with van der Waals surface area (Å²) >= 11 is 6.35. The van der Waals surface area contributed by atoms with E-state index >= 15 is 0 Å². The van der Waals surface area contributed by atoms with E-state index in [0.29, 0.717) is 16.3 Å². The Hall–Kier alpha value is -0.890. The van der Waals surface area contributed by atoms with Crippen LogP contribution in [0.2, 0.25) is 5.02 Å². The van der Waals surface area contributed by atoms with Crippen molar-refractivity contribution in [1.82, 2.24) is 9.71 Å². The van der Waals surface area contributed by atoms with Gasteiger partial charge in [0.05, 0.1) is 11.1 Å². The van der Waals surface area contributed by atoms with Gasteiger partial charge in [0.2, 0.25) is 10.0 Å². The molecule has 1 aromatic heterocycles. The van der Waals surface area contributed by atoms with E-state index in [9.17, 15) is 8.42 Å². The van der Waals surface area contributed by atoms with Crippen LogP contribution >= 0.6 is 11.6 Å². The lowest BCUT2D eigenvalue weighted by molar-refractivity contribution is 0.0691. The molecule has 1 saturated carbocycles. The van der Waals surface area contributed by atoms with Crippen molar-refractivity contribution in [3.05, 3.63) is 17.3 Å². The van der Waals surface area contributed by atoms with Crippen molar-refractivity contribution in [3.8, 4) is 0 Å². The molecule has 1 unspecified atom stereocenters. The number of nitrogens with zero attached hydrogens (tertiary/aromatic N) is 2. The monoisotopic (exact) mass is 387 g/mol. The third-order valence-electron chi connectivity index (χ3n) is 5.32. The van der Waals surface area contributed by atoms with Crippen LogP contribution in [0.25, 0.3) is 0 Å². The number of rotatable bonds is 7. The fraction of sp³-hybridized carbons (Fsp3) is 0.706. The fourth-order valence-corrected chi connectivity index (χ4v) is 4.73. The summed E-state index contributed by atoms with van der Waals surface area (Å²) in [5, 5.41) is 0.382. The number of anilines is 1. The summed E-state index contributed by atoms with van der Waals surface area (Å²) in [6, 6.07) is 1.49. The van der Waals surface area contributed by atoms with Gasteiger partial charge in [0, 0.05) is 32.9 Å². The molecule has 1 saturated heterocycles. The Morgan fingerprint density at radius 3 is 2.64 bits per heavy atom. The minimum absolute atomic E-state index is 0.0835. The van der Waals surface area contributed by atoms with E-state index in [0.717, 1.165) is 13.1 Å². The molecule has 0 aromatic carbocycles. The van der Waals surface area contributed by atoms with Crippen LogP contribution in [0, 0.1) is 11.3 Å². The second kappa shape index (κ2) is 7.02. The Kier molecular flexibility index (Phi) is 5.31. The Morgan fingerprint density at radius 2 is 2.12 bits per heavy atom. The summed E-state index contributed by atoms with van der Waals surface area (Å²) < 4.78 is 32.9. The smallest absolute Gasteiger partial charge is 0.242 e. The number of halogens is 1. The molecule has 2 aliphatic rings. The minimum atomic E-state index is -3.67. The number of aromatic nitrogens is 1. The molecule has 2 heterocycles. The van der Waals surface area contributed by atoms with Crippen molar-refractivity contribution in [3.63, 3.8) is 0 Å². The van der Waals surface area contributed by atoms with Gasteiger partial charge in [-0.1, -0.05) is 25.4 Å². The molecule has 0 radical (unpaired) electrons. The Morgan fingerprint density at radius 1 is 1.40 bits per heavy atom. The van der Waals surface area contributed by atoms with Gasteiger partial charge in [-0.2, -0.15) is 0 Å².